The van der Waals surface area contributed by atoms with Crippen LogP contribution in [0.4, 0.5) is 0 Å². The van der Waals surface area contributed by atoms with E-state index in [1.807, 2.05) is 6.92 Å². The van der Waals surface area contributed by atoms with Crippen LogP contribution in [0.1, 0.15) is 26.2 Å². The summed E-state index contributed by atoms with van der Waals surface area (Å²) < 4.78 is 4.88. The van der Waals surface area contributed by atoms with Crippen molar-refractivity contribution in [1.82, 2.24) is 0 Å². The molecule has 9 heavy (non-hydrogen) atoms. The van der Waals surface area contributed by atoms with Gasteiger partial charge >= 0.3 is 0 Å². The normalized spacial score (nSPS) is 13.7. The molecule has 0 saturated heterocycles. The summed E-state index contributed by atoms with van der Waals surface area (Å²) in [6.45, 7) is 2.90. The Morgan fingerprint density at radius 1 is 1.44 bits per heavy atom. The first-order valence-electron chi connectivity index (χ1n) is 3.52. The maximum atomic E-state index is 5.53. The zero-order valence-electron chi connectivity index (χ0n) is 6.39. The predicted octanol–water partition coefficient (Wildman–Crippen LogP) is 1.15. The van der Waals surface area contributed by atoms with Crippen molar-refractivity contribution in [2.75, 3.05) is 13.7 Å². The lowest BCUT2D eigenvalue weighted by Crippen LogP contribution is -2.14. The molecule has 0 heterocycles. The largest absolute Gasteiger partial charge is 0.385 e. The number of methoxy groups -OCH3 is 1. The average molecular weight is 131 g/mol. The Kier molecular flexibility index (Phi) is 5.99. The van der Waals surface area contributed by atoms with Crippen LogP contribution in [0.3, 0.4) is 0 Å². The Hall–Kier alpha value is -0.0800. The van der Waals surface area contributed by atoms with Crippen LogP contribution in [0.5, 0.6) is 0 Å². The summed E-state index contributed by atoms with van der Waals surface area (Å²) in [5.41, 5.74) is 5.53. The molecule has 0 amide bonds. The molecular formula is C7H17NO. The Bertz CT molecular complexity index is 54.9. The van der Waals surface area contributed by atoms with Gasteiger partial charge in [0.05, 0.1) is 0 Å². The van der Waals surface area contributed by atoms with E-state index in [9.17, 15) is 0 Å². The predicted molar refractivity (Wildman–Crippen MR) is 39.4 cm³/mol. The molecule has 0 spiro atoms. The summed E-state index contributed by atoms with van der Waals surface area (Å²) in [4.78, 5) is 0. The summed E-state index contributed by atoms with van der Waals surface area (Å²) >= 11 is 0. The lowest BCUT2D eigenvalue weighted by atomic mass is 10.1. The van der Waals surface area contributed by atoms with Crippen molar-refractivity contribution >= 4 is 0 Å². The summed E-state index contributed by atoms with van der Waals surface area (Å²) in [5.74, 6) is 0. The highest BCUT2D eigenvalue weighted by molar-refractivity contribution is 4.51. The van der Waals surface area contributed by atoms with E-state index in [1.165, 1.54) is 6.42 Å². The molecule has 2 N–H and O–H groups in total. The van der Waals surface area contributed by atoms with Crippen molar-refractivity contribution in [3.8, 4) is 0 Å². The van der Waals surface area contributed by atoms with Crippen LogP contribution in [-0.2, 0) is 4.74 Å². The van der Waals surface area contributed by atoms with E-state index in [4.69, 9.17) is 10.5 Å². The van der Waals surface area contributed by atoms with Gasteiger partial charge in [-0.15, -0.1) is 0 Å². The fourth-order valence-electron chi connectivity index (χ4n) is 0.713. The summed E-state index contributed by atoms with van der Waals surface area (Å²) in [5, 5.41) is 0. The van der Waals surface area contributed by atoms with E-state index in [2.05, 4.69) is 0 Å². The quantitative estimate of drug-likeness (QED) is 0.568. The molecule has 0 aromatic carbocycles. The lowest BCUT2D eigenvalue weighted by molar-refractivity contribution is 0.191. The fraction of sp³-hybridized carbons (Fsp3) is 1.00. The van der Waals surface area contributed by atoms with Gasteiger partial charge in [-0.2, -0.15) is 0 Å². The third kappa shape index (κ3) is 7.92. The van der Waals surface area contributed by atoms with Crippen LogP contribution in [0.25, 0.3) is 0 Å². The fourth-order valence-corrected chi connectivity index (χ4v) is 0.713. The summed E-state index contributed by atoms with van der Waals surface area (Å²) in [7, 11) is 1.73. The number of hydrogen-bond acceptors (Lipinski definition) is 2. The van der Waals surface area contributed by atoms with Crippen molar-refractivity contribution in [1.29, 1.82) is 0 Å². The van der Waals surface area contributed by atoms with E-state index in [-0.39, 0.29) is 0 Å². The highest BCUT2D eigenvalue weighted by atomic mass is 16.5. The van der Waals surface area contributed by atoms with Gasteiger partial charge in [-0.3, -0.25) is 0 Å². The standard InChI is InChI=1S/C7H17NO/c1-7(8)5-3-4-6-9-2/h7H,3-6,8H2,1-2H3. The maximum absolute atomic E-state index is 5.53. The summed E-state index contributed by atoms with van der Waals surface area (Å²) in [6, 6.07) is 0.349. The molecule has 1 atom stereocenters. The average Bonchev–Trinajstić information content (AvgIpc) is 1.80. The SMILES string of the molecule is COCCCCC(C)N. The van der Waals surface area contributed by atoms with Crippen LogP contribution >= 0.6 is 0 Å². The molecule has 0 aromatic rings. The van der Waals surface area contributed by atoms with Gasteiger partial charge in [-0.05, 0) is 26.2 Å². The van der Waals surface area contributed by atoms with Gasteiger partial charge in [0, 0.05) is 19.8 Å². The number of nitrogens with two attached hydrogens (primary N) is 1. The van der Waals surface area contributed by atoms with E-state index in [0.29, 0.717) is 6.04 Å². The number of ether oxygens (including phenoxy) is 1. The van der Waals surface area contributed by atoms with Crippen LogP contribution in [-0.4, -0.2) is 19.8 Å². The minimum absolute atomic E-state index is 0.349. The van der Waals surface area contributed by atoms with Gasteiger partial charge in [0.2, 0.25) is 0 Å². The number of rotatable bonds is 5. The zero-order valence-corrected chi connectivity index (χ0v) is 6.39. The smallest absolute Gasteiger partial charge is 0.0462 e. The molecule has 2 heteroatoms. The molecule has 0 rings (SSSR count). The Morgan fingerprint density at radius 3 is 2.56 bits per heavy atom. The van der Waals surface area contributed by atoms with Crippen molar-refractivity contribution < 1.29 is 4.74 Å². The highest BCUT2D eigenvalue weighted by Crippen LogP contribution is 1.97. The van der Waals surface area contributed by atoms with Gasteiger partial charge < -0.3 is 10.5 Å². The molecule has 0 saturated carbocycles. The monoisotopic (exact) mass is 131 g/mol. The van der Waals surface area contributed by atoms with Crippen molar-refractivity contribution in [3.63, 3.8) is 0 Å². The molecule has 56 valence electrons. The molecule has 1 unspecified atom stereocenters. The third-order valence-corrected chi connectivity index (χ3v) is 1.26. The Labute approximate surface area is 57.4 Å². The van der Waals surface area contributed by atoms with Crippen molar-refractivity contribution in [3.05, 3.63) is 0 Å². The third-order valence-electron chi connectivity index (χ3n) is 1.26. The minimum atomic E-state index is 0.349. The highest BCUT2D eigenvalue weighted by Gasteiger charge is 1.92. The molecule has 0 aliphatic rings. The topological polar surface area (TPSA) is 35.2 Å². The molecule has 0 fully saturated rings. The molecule has 0 radical (unpaired) electrons. The first kappa shape index (κ1) is 8.92. The van der Waals surface area contributed by atoms with E-state index < -0.39 is 0 Å². The molecule has 0 aliphatic carbocycles. The Morgan fingerprint density at radius 2 is 2.11 bits per heavy atom. The second-order valence-corrected chi connectivity index (χ2v) is 2.47. The van der Waals surface area contributed by atoms with Crippen LogP contribution in [0.2, 0.25) is 0 Å². The van der Waals surface area contributed by atoms with Crippen LogP contribution in [0, 0.1) is 0 Å². The number of hydrogen-bond donors (Lipinski definition) is 1. The minimum Gasteiger partial charge on any atom is -0.385 e. The van der Waals surface area contributed by atoms with Crippen LogP contribution in [0.15, 0.2) is 0 Å². The molecule has 0 aliphatic heterocycles. The lowest BCUT2D eigenvalue weighted by Gasteiger charge is -2.02. The van der Waals surface area contributed by atoms with Gasteiger partial charge in [0.25, 0.3) is 0 Å². The summed E-state index contributed by atoms with van der Waals surface area (Å²) in [6.07, 6.45) is 3.44. The van der Waals surface area contributed by atoms with Gasteiger partial charge in [-0.1, -0.05) is 0 Å². The Balaban J connectivity index is 2.75. The van der Waals surface area contributed by atoms with Crippen molar-refractivity contribution in [2.45, 2.75) is 32.2 Å². The second-order valence-electron chi connectivity index (χ2n) is 2.47. The maximum Gasteiger partial charge on any atom is 0.0462 e. The van der Waals surface area contributed by atoms with Gasteiger partial charge in [-0.25, -0.2) is 0 Å². The molecular weight excluding hydrogens is 114 g/mol. The molecule has 2 nitrogen and oxygen atoms in total. The van der Waals surface area contributed by atoms with Crippen molar-refractivity contribution in [2.24, 2.45) is 5.73 Å². The number of unbranched alkanes of at least 4 members (excludes halogenated alkanes) is 1. The second kappa shape index (κ2) is 6.05. The van der Waals surface area contributed by atoms with E-state index >= 15 is 0 Å². The first-order chi connectivity index (χ1) is 4.27. The zero-order chi connectivity index (χ0) is 7.11. The van der Waals surface area contributed by atoms with E-state index in [0.717, 1.165) is 19.4 Å². The van der Waals surface area contributed by atoms with Crippen LogP contribution < -0.4 is 5.73 Å². The van der Waals surface area contributed by atoms with E-state index in [1.54, 1.807) is 7.11 Å². The van der Waals surface area contributed by atoms with Gasteiger partial charge in [0.1, 0.15) is 0 Å². The first-order valence-corrected chi connectivity index (χ1v) is 3.52. The molecule has 0 aromatic heterocycles. The molecule has 0 bridgehead atoms. The van der Waals surface area contributed by atoms with Gasteiger partial charge in [0.15, 0.2) is 0 Å².